The molecule has 8 nitrogen and oxygen atoms in total. The Balaban J connectivity index is 2.19. The second-order valence-electron chi connectivity index (χ2n) is 6.70. The van der Waals surface area contributed by atoms with Crippen molar-refractivity contribution in [2.24, 2.45) is 5.41 Å². The van der Waals surface area contributed by atoms with E-state index in [4.69, 9.17) is 0 Å². The molecule has 30 heavy (non-hydrogen) atoms. The number of rotatable bonds is 6. The van der Waals surface area contributed by atoms with Crippen LogP contribution in [-0.4, -0.2) is 44.3 Å². The Bertz CT molecular complexity index is 1110. The van der Waals surface area contributed by atoms with E-state index in [0.717, 1.165) is 6.08 Å². The van der Waals surface area contributed by atoms with Gasteiger partial charge in [0, 0.05) is 6.42 Å². The van der Waals surface area contributed by atoms with E-state index < -0.39 is 41.3 Å². The van der Waals surface area contributed by atoms with Crippen molar-refractivity contribution in [1.82, 2.24) is 0 Å². The molecule has 0 spiro atoms. The van der Waals surface area contributed by atoms with Crippen LogP contribution in [0.2, 0.25) is 0 Å². The summed E-state index contributed by atoms with van der Waals surface area (Å²) < 4.78 is 0. The number of carbonyl (C=O) groups is 4. The fourth-order valence-corrected chi connectivity index (χ4v) is 3.48. The van der Waals surface area contributed by atoms with Crippen molar-refractivity contribution >= 4 is 29.5 Å². The van der Waals surface area contributed by atoms with Crippen molar-refractivity contribution in [1.29, 1.82) is 0 Å². The molecule has 8 heteroatoms. The molecule has 3 rings (SSSR count). The van der Waals surface area contributed by atoms with Gasteiger partial charge in [0.1, 0.15) is 0 Å². The molecule has 0 saturated carbocycles. The van der Waals surface area contributed by atoms with Gasteiger partial charge in [0.05, 0.1) is 11.1 Å². The van der Waals surface area contributed by atoms with Crippen LogP contribution in [0.25, 0.3) is 16.7 Å². The maximum Gasteiger partial charge on any atom is 0.336 e. The Morgan fingerprint density at radius 2 is 1.37 bits per heavy atom. The number of hydrogen-bond acceptors (Lipinski definition) is 4. The van der Waals surface area contributed by atoms with Gasteiger partial charge in [-0.25, -0.2) is 9.59 Å². The minimum atomic E-state index is -2.66. The highest BCUT2D eigenvalue weighted by Gasteiger charge is 2.54. The molecule has 0 saturated heterocycles. The molecule has 4 N–H and O–H groups in total. The zero-order valence-electron chi connectivity index (χ0n) is 15.4. The first-order valence-corrected chi connectivity index (χ1v) is 8.73. The first-order valence-electron chi connectivity index (χ1n) is 8.73. The van der Waals surface area contributed by atoms with Crippen LogP contribution in [-0.2, 0) is 14.4 Å². The Kier molecular flexibility index (Phi) is 5.25. The molecule has 0 heterocycles. The van der Waals surface area contributed by atoms with E-state index in [1.165, 1.54) is 24.3 Å². The third-order valence-electron chi connectivity index (χ3n) is 5.03. The molecule has 0 aromatic heterocycles. The van der Waals surface area contributed by atoms with Crippen molar-refractivity contribution in [3.8, 4) is 11.1 Å². The molecule has 0 atom stereocenters. The Morgan fingerprint density at radius 1 is 0.733 bits per heavy atom. The lowest BCUT2D eigenvalue weighted by atomic mass is 9.70. The second kappa shape index (κ2) is 7.67. The highest BCUT2D eigenvalue weighted by molar-refractivity contribution is 6.12. The smallest absolute Gasteiger partial charge is 0.336 e. The lowest BCUT2D eigenvalue weighted by molar-refractivity contribution is -0.163. The summed E-state index contributed by atoms with van der Waals surface area (Å²) in [5.74, 6) is -6.38. The summed E-state index contributed by atoms with van der Waals surface area (Å²) in [6.07, 6.45) is 1.71. The van der Waals surface area contributed by atoms with Gasteiger partial charge < -0.3 is 20.4 Å². The molecular weight excluding hydrogens is 392 g/mol. The summed E-state index contributed by atoms with van der Waals surface area (Å²) in [6.45, 7) is 0. The lowest BCUT2D eigenvalue weighted by Crippen LogP contribution is -2.44. The molecule has 0 unspecified atom stereocenters. The quantitative estimate of drug-likeness (QED) is 0.533. The zero-order valence-corrected chi connectivity index (χ0v) is 15.4. The van der Waals surface area contributed by atoms with Crippen LogP contribution in [0, 0.1) is 5.41 Å². The predicted octanol–water partition coefficient (Wildman–Crippen LogP) is 3.01. The molecule has 1 aliphatic carbocycles. The number of carboxylic acid groups (broad SMARTS) is 4. The maximum absolute atomic E-state index is 11.9. The summed E-state index contributed by atoms with van der Waals surface area (Å²) in [5, 5.41) is 38.0. The van der Waals surface area contributed by atoms with Gasteiger partial charge in [-0.05, 0) is 40.5 Å². The fourth-order valence-electron chi connectivity index (χ4n) is 3.48. The third-order valence-corrected chi connectivity index (χ3v) is 5.03. The van der Waals surface area contributed by atoms with E-state index in [1.54, 1.807) is 30.3 Å². The highest BCUT2D eigenvalue weighted by atomic mass is 16.4. The van der Waals surface area contributed by atoms with Gasteiger partial charge in [-0.15, -0.1) is 0 Å². The van der Waals surface area contributed by atoms with Crippen LogP contribution < -0.4 is 0 Å². The minimum absolute atomic E-state index is 0.0193. The summed E-state index contributed by atoms with van der Waals surface area (Å²) in [7, 11) is 0. The van der Waals surface area contributed by atoms with Crippen LogP contribution in [0.5, 0.6) is 0 Å². The van der Waals surface area contributed by atoms with E-state index >= 15 is 0 Å². The van der Waals surface area contributed by atoms with E-state index in [2.05, 4.69) is 0 Å². The first kappa shape index (κ1) is 20.5. The molecule has 0 bridgehead atoms. The topological polar surface area (TPSA) is 149 Å². The number of allylic oxidation sites excluding steroid dienone is 3. The monoisotopic (exact) mass is 408 g/mol. The normalized spacial score (nSPS) is 14.9. The molecule has 152 valence electrons. The molecule has 0 fully saturated rings. The predicted molar refractivity (Wildman–Crippen MR) is 105 cm³/mol. The summed E-state index contributed by atoms with van der Waals surface area (Å²) in [5.41, 5.74) is -1.76. The fraction of sp³-hybridized carbons (Fsp3) is 0.0909. The number of aliphatic carboxylic acids is 3. The van der Waals surface area contributed by atoms with Crippen molar-refractivity contribution in [2.75, 3.05) is 0 Å². The van der Waals surface area contributed by atoms with Crippen LogP contribution in [0.3, 0.4) is 0 Å². The van der Waals surface area contributed by atoms with Crippen molar-refractivity contribution in [3.05, 3.63) is 77.4 Å². The van der Waals surface area contributed by atoms with Gasteiger partial charge in [-0.2, -0.15) is 0 Å². The maximum atomic E-state index is 11.9. The number of aromatic carboxylic acids is 1. The highest BCUT2D eigenvalue weighted by Crippen LogP contribution is 2.43. The second-order valence-corrected chi connectivity index (χ2v) is 6.70. The molecule has 1 aliphatic rings. The SMILES string of the molecule is O=C(O)C1=CC=C(c2ccc(C(=O)O)c(-c3ccccc3)c2)CC1(C(=O)O)C(=O)O. The van der Waals surface area contributed by atoms with Gasteiger partial charge in [-0.3, -0.25) is 9.59 Å². The lowest BCUT2D eigenvalue weighted by Gasteiger charge is -2.29. The summed E-state index contributed by atoms with van der Waals surface area (Å²) in [4.78, 5) is 46.8. The summed E-state index contributed by atoms with van der Waals surface area (Å²) >= 11 is 0. The molecule has 0 radical (unpaired) electrons. The number of benzene rings is 2. The first-order chi connectivity index (χ1) is 14.2. The van der Waals surface area contributed by atoms with E-state index in [-0.39, 0.29) is 11.1 Å². The largest absolute Gasteiger partial charge is 0.480 e. The van der Waals surface area contributed by atoms with E-state index in [9.17, 15) is 39.6 Å². The van der Waals surface area contributed by atoms with Crippen molar-refractivity contribution < 1.29 is 39.6 Å². The van der Waals surface area contributed by atoms with Crippen molar-refractivity contribution in [3.63, 3.8) is 0 Å². The molecule has 0 aliphatic heterocycles. The van der Waals surface area contributed by atoms with Gasteiger partial charge in [0.2, 0.25) is 5.41 Å². The van der Waals surface area contributed by atoms with E-state index in [1.807, 2.05) is 0 Å². The van der Waals surface area contributed by atoms with Crippen LogP contribution in [0.15, 0.2) is 66.3 Å². The molecular formula is C22H16O8. The average molecular weight is 408 g/mol. The van der Waals surface area contributed by atoms with E-state index in [0.29, 0.717) is 16.7 Å². The van der Waals surface area contributed by atoms with Gasteiger partial charge >= 0.3 is 23.9 Å². The average Bonchev–Trinajstić information content (AvgIpc) is 2.72. The Labute approximate surface area is 170 Å². The zero-order chi connectivity index (χ0) is 22.1. The molecule has 0 amide bonds. The minimum Gasteiger partial charge on any atom is -0.480 e. The van der Waals surface area contributed by atoms with Gasteiger partial charge in [0.15, 0.2) is 0 Å². The van der Waals surface area contributed by atoms with Crippen LogP contribution in [0.1, 0.15) is 22.3 Å². The molecule has 2 aromatic carbocycles. The van der Waals surface area contributed by atoms with Gasteiger partial charge in [0.25, 0.3) is 0 Å². The molecule has 2 aromatic rings. The van der Waals surface area contributed by atoms with Crippen molar-refractivity contribution in [2.45, 2.75) is 6.42 Å². The van der Waals surface area contributed by atoms with Gasteiger partial charge in [-0.1, -0.05) is 42.5 Å². The summed E-state index contributed by atoms with van der Waals surface area (Å²) in [6, 6.07) is 13.0. The Hall–Kier alpha value is -4.20. The standard InChI is InChI=1S/C22H16O8/c23-18(24)15-8-6-13(10-16(15)12-4-2-1-3-5-12)14-7-9-17(19(25)26)22(11-14,20(27)28)21(29)30/h1-10H,11H2,(H,23,24)(H,25,26)(H,27,28)(H,29,30). The number of carboxylic acids is 4. The third kappa shape index (κ3) is 3.35. The van der Waals surface area contributed by atoms with Crippen LogP contribution in [0.4, 0.5) is 0 Å². The Morgan fingerprint density at radius 3 is 1.90 bits per heavy atom. The van der Waals surface area contributed by atoms with Crippen LogP contribution >= 0.6 is 0 Å². The number of hydrogen-bond donors (Lipinski definition) is 4.